The van der Waals surface area contributed by atoms with Gasteiger partial charge in [0.2, 0.25) is 0 Å². The third-order valence-corrected chi connectivity index (χ3v) is 6.13. The average molecular weight is 490 g/mol. The maximum Gasteiger partial charge on any atom is 0.408 e. The molecule has 1 N–H and O–H groups in total. The molecule has 0 bridgehead atoms. The van der Waals surface area contributed by atoms with Gasteiger partial charge in [0.15, 0.2) is 0 Å². The standard InChI is InChI=1S/C30H51NO4/c1-5-6-7-8-9-10-11-12-13-14-15-16-20-23-28(34-25-26-21-18-17-19-22-26)27(24-32)31-29(33)35-30(2,3)4/h17-19,21-22,24,27-28H,5-16,20,23,25H2,1-4H3,(H,31,33)/t27-,28+/m0/s1. The lowest BCUT2D eigenvalue weighted by Gasteiger charge is -2.26. The molecule has 5 heteroatoms. The summed E-state index contributed by atoms with van der Waals surface area (Å²) in [6.07, 6.45) is 17.3. The second kappa shape index (κ2) is 19.3. The lowest BCUT2D eigenvalue weighted by molar-refractivity contribution is -0.114. The molecule has 0 saturated carbocycles. The minimum atomic E-state index is -0.731. The van der Waals surface area contributed by atoms with Crippen molar-refractivity contribution in [2.45, 2.75) is 142 Å². The third kappa shape index (κ3) is 17.2. The summed E-state index contributed by atoms with van der Waals surface area (Å²) in [6, 6.07) is 9.17. The van der Waals surface area contributed by atoms with Gasteiger partial charge in [-0.2, -0.15) is 0 Å². The number of hydrogen-bond acceptors (Lipinski definition) is 4. The van der Waals surface area contributed by atoms with Crippen molar-refractivity contribution < 1.29 is 19.1 Å². The van der Waals surface area contributed by atoms with Crippen LogP contribution in [0.3, 0.4) is 0 Å². The van der Waals surface area contributed by atoms with Crippen molar-refractivity contribution in [2.75, 3.05) is 0 Å². The van der Waals surface area contributed by atoms with Gasteiger partial charge >= 0.3 is 6.09 Å². The predicted molar refractivity (Wildman–Crippen MR) is 145 cm³/mol. The van der Waals surface area contributed by atoms with Gasteiger partial charge in [0.25, 0.3) is 0 Å². The summed E-state index contributed by atoms with van der Waals surface area (Å²) in [4.78, 5) is 24.1. The Kier molecular flexibility index (Phi) is 17.2. The Labute approximate surface area is 214 Å². The van der Waals surface area contributed by atoms with Crippen LogP contribution in [0.4, 0.5) is 4.79 Å². The fraction of sp³-hybridized carbons (Fsp3) is 0.733. The van der Waals surface area contributed by atoms with Crippen molar-refractivity contribution in [1.29, 1.82) is 0 Å². The second-order valence-corrected chi connectivity index (χ2v) is 10.7. The molecule has 0 aliphatic rings. The Morgan fingerprint density at radius 2 is 1.37 bits per heavy atom. The van der Waals surface area contributed by atoms with E-state index in [9.17, 15) is 9.59 Å². The van der Waals surface area contributed by atoms with Crippen LogP contribution in [0.1, 0.15) is 123 Å². The van der Waals surface area contributed by atoms with Gasteiger partial charge in [0, 0.05) is 0 Å². The maximum absolute atomic E-state index is 12.2. The zero-order chi connectivity index (χ0) is 25.8. The zero-order valence-corrected chi connectivity index (χ0v) is 22.9. The molecule has 0 spiro atoms. The van der Waals surface area contributed by atoms with Crippen LogP contribution in [0.2, 0.25) is 0 Å². The number of benzene rings is 1. The minimum Gasteiger partial charge on any atom is -0.444 e. The van der Waals surface area contributed by atoms with E-state index >= 15 is 0 Å². The molecule has 1 rings (SSSR count). The Morgan fingerprint density at radius 1 is 0.857 bits per heavy atom. The number of unbranched alkanes of at least 4 members (excludes halogenated alkanes) is 12. The molecule has 0 fully saturated rings. The number of ether oxygens (including phenoxy) is 2. The first-order valence-electron chi connectivity index (χ1n) is 14.0. The average Bonchev–Trinajstić information content (AvgIpc) is 2.82. The molecular formula is C30H51NO4. The normalized spacial score (nSPS) is 13.3. The van der Waals surface area contributed by atoms with E-state index in [0.29, 0.717) is 6.61 Å². The first-order chi connectivity index (χ1) is 16.9. The summed E-state index contributed by atoms with van der Waals surface area (Å²) in [5, 5.41) is 2.70. The van der Waals surface area contributed by atoms with Crippen molar-refractivity contribution in [1.82, 2.24) is 5.32 Å². The van der Waals surface area contributed by atoms with Crippen molar-refractivity contribution in [3.8, 4) is 0 Å². The monoisotopic (exact) mass is 489 g/mol. The van der Waals surface area contributed by atoms with Gasteiger partial charge in [-0.1, -0.05) is 121 Å². The summed E-state index contributed by atoms with van der Waals surface area (Å²) < 4.78 is 11.5. The fourth-order valence-electron chi connectivity index (χ4n) is 4.17. The quantitative estimate of drug-likeness (QED) is 0.148. The topological polar surface area (TPSA) is 64.6 Å². The molecule has 0 saturated heterocycles. The lowest BCUT2D eigenvalue weighted by Crippen LogP contribution is -2.47. The Balaban J connectivity index is 2.36. The van der Waals surface area contributed by atoms with E-state index in [-0.39, 0.29) is 6.10 Å². The van der Waals surface area contributed by atoms with Gasteiger partial charge in [0.05, 0.1) is 12.7 Å². The first kappa shape index (κ1) is 31.2. The largest absolute Gasteiger partial charge is 0.444 e. The van der Waals surface area contributed by atoms with Crippen LogP contribution in [-0.2, 0) is 20.9 Å². The molecule has 35 heavy (non-hydrogen) atoms. The summed E-state index contributed by atoms with van der Waals surface area (Å²) in [5.74, 6) is 0. The summed E-state index contributed by atoms with van der Waals surface area (Å²) in [5.41, 5.74) is 0.428. The highest BCUT2D eigenvalue weighted by molar-refractivity contribution is 5.73. The molecule has 0 heterocycles. The molecule has 0 aliphatic carbocycles. The Morgan fingerprint density at radius 3 is 1.86 bits per heavy atom. The number of hydrogen-bond donors (Lipinski definition) is 1. The molecule has 1 amide bonds. The van der Waals surface area contributed by atoms with Crippen LogP contribution >= 0.6 is 0 Å². The number of rotatable bonds is 20. The summed E-state index contributed by atoms with van der Waals surface area (Å²) >= 11 is 0. The Bertz CT molecular complexity index is 656. The van der Waals surface area contributed by atoms with Gasteiger partial charge in [0.1, 0.15) is 17.9 Å². The number of carbonyl (C=O) groups excluding carboxylic acids is 2. The maximum atomic E-state index is 12.2. The molecule has 1 aromatic rings. The van der Waals surface area contributed by atoms with Gasteiger partial charge in [-0.05, 0) is 32.8 Å². The highest BCUT2D eigenvalue weighted by Gasteiger charge is 2.26. The van der Waals surface area contributed by atoms with Crippen molar-refractivity contribution in [3.05, 3.63) is 35.9 Å². The van der Waals surface area contributed by atoms with Crippen LogP contribution in [0.15, 0.2) is 30.3 Å². The van der Waals surface area contributed by atoms with Crippen LogP contribution in [-0.4, -0.2) is 30.1 Å². The Hall–Kier alpha value is -1.88. The van der Waals surface area contributed by atoms with Crippen LogP contribution in [0.25, 0.3) is 0 Å². The molecule has 0 radical (unpaired) electrons. The molecule has 200 valence electrons. The fourth-order valence-corrected chi connectivity index (χ4v) is 4.17. The van der Waals surface area contributed by atoms with Gasteiger partial charge in [-0.15, -0.1) is 0 Å². The smallest absolute Gasteiger partial charge is 0.408 e. The van der Waals surface area contributed by atoms with Gasteiger partial charge < -0.3 is 19.6 Å². The van der Waals surface area contributed by atoms with Crippen LogP contribution in [0.5, 0.6) is 0 Å². The van der Waals surface area contributed by atoms with E-state index < -0.39 is 17.7 Å². The molecule has 1 aromatic carbocycles. The highest BCUT2D eigenvalue weighted by atomic mass is 16.6. The first-order valence-corrected chi connectivity index (χ1v) is 14.0. The minimum absolute atomic E-state index is 0.382. The van der Waals surface area contributed by atoms with E-state index in [2.05, 4.69) is 12.2 Å². The van der Waals surface area contributed by atoms with Gasteiger partial charge in [-0.25, -0.2) is 4.79 Å². The molecule has 2 atom stereocenters. The number of aldehydes is 1. The lowest BCUT2D eigenvalue weighted by atomic mass is 10.0. The van der Waals surface area contributed by atoms with Crippen molar-refractivity contribution in [2.24, 2.45) is 0 Å². The van der Waals surface area contributed by atoms with Crippen LogP contribution in [0, 0.1) is 0 Å². The number of alkyl carbamates (subject to hydrolysis) is 1. The highest BCUT2D eigenvalue weighted by Crippen LogP contribution is 2.17. The van der Waals surface area contributed by atoms with E-state index in [1.54, 1.807) is 20.8 Å². The third-order valence-electron chi connectivity index (χ3n) is 6.13. The van der Waals surface area contributed by atoms with E-state index in [0.717, 1.165) is 31.1 Å². The molecule has 5 nitrogen and oxygen atoms in total. The number of amides is 1. The van der Waals surface area contributed by atoms with Crippen molar-refractivity contribution >= 4 is 12.4 Å². The molecule has 0 unspecified atom stereocenters. The molecule has 0 aromatic heterocycles. The zero-order valence-electron chi connectivity index (χ0n) is 22.9. The van der Waals surface area contributed by atoms with E-state index in [1.807, 2.05) is 30.3 Å². The number of nitrogens with one attached hydrogen (secondary N) is 1. The number of carbonyl (C=O) groups is 2. The second-order valence-electron chi connectivity index (χ2n) is 10.7. The van der Waals surface area contributed by atoms with Gasteiger partial charge in [-0.3, -0.25) is 0 Å². The van der Waals surface area contributed by atoms with Crippen LogP contribution < -0.4 is 5.32 Å². The molecule has 0 aliphatic heterocycles. The van der Waals surface area contributed by atoms with E-state index in [1.165, 1.54) is 70.6 Å². The van der Waals surface area contributed by atoms with E-state index in [4.69, 9.17) is 9.47 Å². The summed E-state index contributed by atoms with van der Waals surface area (Å²) in [7, 11) is 0. The SMILES string of the molecule is CCCCCCCCCCCCCCC[C@@H](OCc1ccccc1)[C@H](C=O)NC(=O)OC(C)(C)C. The van der Waals surface area contributed by atoms with Crippen molar-refractivity contribution in [3.63, 3.8) is 0 Å². The molecular weight excluding hydrogens is 438 g/mol. The predicted octanol–water partition coefficient (Wildman–Crippen LogP) is 8.15. The summed E-state index contributed by atoms with van der Waals surface area (Å²) in [6.45, 7) is 8.09.